The van der Waals surface area contributed by atoms with Crippen molar-refractivity contribution in [2.75, 3.05) is 11.9 Å². The van der Waals surface area contributed by atoms with Crippen LogP contribution in [-0.2, 0) is 4.79 Å². The van der Waals surface area contributed by atoms with Gasteiger partial charge in [-0.25, -0.2) is 0 Å². The van der Waals surface area contributed by atoms with Gasteiger partial charge in [-0.2, -0.15) is 0 Å². The largest absolute Gasteiger partial charge is 0.381 e. The first-order valence-electron chi connectivity index (χ1n) is 6.64. The van der Waals surface area contributed by atoms with E-state index in [1.165, 1.54) is 5.56 Å². The van der Waals surface area contributed by atoms with Crippen molar-refractivity contribution in [3.05, 3.63) is 29.8 Å². The van der Waals surface area contributed by atoms with Crippen molar-refractivity contribution in [3.63, 3.8) is 0 Å². The highest BCUT2D eigenvalue weighted by Gasteiger charge is 2.17. The number of rotatable bonds is 5. The van der Waals surface area contributed by atoms with E-state index in [0.717, 1.165) is 5.69 Å². The topological polar surface area (TPSA) is 67.1 Å². The third-order valence-electron chi connectivity index (χ3n) is 2.62. The zero-order valence-electron chi connectivity index (χ0n) is 12.3. The summed E-state index contributed by atoms with van der Waals surface area (Å²) in [6.45, 7) is 8.36. The molecule has 0 heterocycles. The smallest absolute Gasteiger partial charge is 0.222 e. The number of hydrogen-bond acceptors (Lipinski definition) is 3. The molecule has 1 rings (SSSR count). The molecule has 0 spiro atoms. The van der Waals surface area contributed by atoms with Crippen molar-refractivity contribution < 1.29 is 4.79 Å². The molecule has 0 saturated carbocycles. The lowest BCUT2D eigenvalue weighted by Gasteiger charge is -2.23. The van der Waals surface area contributed by atoms with Crippen LogP contribution >= 0.6 is 0 Å². The summed E-state index contributed by atoms with van der Waals surface area (Å²) in [4.78, 5) is 11.9. The Morgan fingerprint density at radius 1 is 1.37 bits per heavy atom. The van der Waals surface area contributed by atoms with E-state index >= 15 is 0 Å². The molecule has 0 radical (unpaired) electrons. The molecule has 106 valence electrons. The van der Waals surface area contributed by atoms with Crippen LogP contribution in [0.1, 0.15) is 32.8 Å². The molecule has 0 bridgehead atoms. The third-order valence-corrected chi connectivity index (χ3v) is 2.62. The van der Waals surface area contributed by atoms with Gasteiger partial charge in [-0.05, 0) is 45.4 Å². The van der Waals surface area contributed by atoms with Crippen LogP contribution in [0.2, 0.25) is 0 Å². The van der Waals surface area contributed by atoms with E-state index < -0.39 is 0 Å². The fourth-order valence-corrected chi connectivity index (χ4v) is 1.86. The van der Waals surface area contributed by atoms with Gasteiger partial charge in [0, 0.05) is 30.2 Å². The van der Waals surface area contributed by atoms with Crippen LogP contribution in [0, 0.1) is 6.92 Å². The number of nitrogens with two attached hydrogens (primary N) is 1. The van der Waals surface area contributed by atoms with Crippen LogP contribution in [0.4, 0.5) is 5.69 Å². The van der Waals surface area contributed by atoms with E-state index in [1.807, 2.05) is 52.0 Å². The molecule has 0 aliphatic carbocycles. The lowest BCUT2D eigenvalue weighted by atomic mass is 10.1. The van der Waals surface area contributed by atoms with Crippen molar-refractivity contribution in [2.45, 2.75) is 45.7 Å². The molecule has 0 aliphatic rings. The van der Waals surface area contributed by atoms with Crippen molar-refractivity contribution in [1.82, 2.24) is 5.32 Å². The molecule has 4 N–H and O–H groups in total. The lowest BCUT2D eigenvalue weighted by molar-refractivity contribution is -0.122. The summed E-state index contributed by atoms with van der Waals surface area (Å²) < 4.78 is 0. The molecule has 1 unspecified atom stereocenters. The summed E-state index contributed by atoms with van der Waals surface area (Å²) in [6, 6.07) is 8.00. The van der Waals surface area contributed by atoms with E-state index in [0.29, 0.717) is 13.0 Å². The van der Waals surface area contributed by atoms with Crippen LogP contribution < -0.4 is 16.4 Å². The van der Waals surface area contributed by atoms with Gasteiger partial charge >= 0.3 is 0 Å². The van der Waals surface area contributed by atoms with Crippen LogP contribution in [-0.4, -0.2) is 24.0 Å². The maximum Gasteiger partial charge on any atom is 0.222 e. The number of carbonyl (C=O) groups is 1. The first kappa shape index (κ1) is 15.5. The SMILES string of the molecule is Cc1cccc(NC(CN)CC(=O)NC(C)(C)C)c1. The van der Waals surface area contributed by atoms with Gasteiger partial charge in [-0.3, -0.25) is 4.79 Å². The maximum atomic E-state index is 11.9. The average molecular weight is 263 g/mol. The Morgan fingerprint density at radius 2 is 2.05 bits per heavy atom. The lowest BCUT2D eigenvalue weighted by Crippen LogP contribution is -2.44. The Bertz CT molecular complexity index is 424. The van der Waals surface area contributed by atoms with E-state index in [4.69, 9.17) is 5.73 Å². The molecule has 4 nitrogen and oxygen atoms in total. The molecule has 1 aromatic rings. The number of nitrogens with one attached hydrogen (secondary N) is 2. The van der Waals surface area contributed by atoms with Gasteiger partial charge in [0.25, 0.3) is 0 Å². The second-order valence-corrected chi connectivity index (χ2v) is 5.95. The fourth-order valence-electron chi connectivity index (χ4n) is 1.86. The van der Waals surface area contributed by atoms with Crippen molar-refractivity contribution in [3.8, 4) is 0 Å². The maximum absolute atomic E-state index is 11.9. The van der Waals surface area contributed by atoms with Gasteiger partial charge in [0.15, 0.2) is 0 Å². The van der Waals surface area contributed by atoms with Gasteiger partial charge < -0.3 is 16.4 Å². The van der Waals surface area contributed by atoms with Gasteiger partial charge in [0.05, 0.1) is 0 Å². The molecule has 1 amide bonds. The summed E-state index contributed by atoms with van der Waals surface area (Å²) in [5.74, 6) is 0.0168. The second kappa shape index (κ2) is 6.57. The quantitative estimate of drug-likeness (QED) is 0.761. The predicted molar refractivity (Wildman–Crippen MR) is 80.2 cm³/mol. The normalized spacial score (nSPS) is 12.9. The molecule has 4 heteroatoms. The average Bonchev–Trinajstić information content (AvgIpc) is 2.25. The Kier molecular flexibility index (Phi) is 5.36. The molecule has 19 heavy (non-hydrogen) atoms. The van der Waals surface area contributed by atoms with E-state index in [1.54, 1.807) is 0 Å². The summed E-state index contributed by atoms with van der Waals surface area (Å²) in [7, 11) is 0. The van der Waals surface area contributed by atoms with Crippen molar-refractivity contribution in [1.29, 1.82) is 0 Å². The molecule has 0 fully saturated rings. The molecule has 0 saturated heterocycles. The molecule has 1 atom stereocenters. The summed E-state index contributed by atoms with van der Waals surface area (Å²) in [5.41, 5.74) is 7.70. The Hall–Kier alpha value is -1.55. The van der Waals surface area contributed by atoms with Gasteiger partial charge in [0.2, 0.25) is 5.91 Å². The Balaban J connectivity index is 2.57. The number of aryl methyl sites for hydroxylation is 1. The van der Waals surface area contributed by atoms with Crippen molar-refractivity contribution >= 4 is 11.6 Å². The number of amides is 1. The first-order chi connectivity index (χ1) is 8.80. The Labute approximate surface area is 115 Å². The van der Waals surface area contributed by atoms with Crippen LogP contribution in [0.3, 0.4) is 0 Å². The summed E-state index contributed by atoms with van der Waals surface area (Å²) in [6.07, 6.45) is 0.377. The second-order valence-electron chi connectivity index (χ2n) is 5.95. The molecule has 1 aromatic carbocycles. The number of benzene rings is 1. The fraction of sp³-hybridized carbons (Fsp3) is 0.533. The summed E-state index contributed by atoms with van der Waals surface area (Å²) in [5, 5.41) is 6.25. The molecule has 0 aromatic heterocycles. The molecular weight excluding hydrogens is 238 g/mol. The Morgan fingerprint density at radius 3 is 2.58 bits per heavy atom. The number of hydrogen-bond donors (Lipinski definition) is 3. The van der Waals surface area contributed by atoms with E-state index in [2.05, 4.69) is 10.6 Å². The zero-order valence-corrected chi connectivity index (χ0v) is 12.3. The molecular formula is C15H25N3O. The van der Waals surface area contributed by atoms with Gasteiger partial charge in [-0.15, -0.1) is 0 Å². The third kappa shape index (κ3) is 6.25. The molecule has 0 aliphatic heterocycles. The highest BCUT2D eigenvalue weighted by Crippen LogP contribution is 2.12. The van der Waals surface area contributed by atoms with E-state index in [9.17, 15) is 4.79 Å². The minimum absolute atomic E-state index is 0.0168. The minimum Gasteiger partial charge on any atom is -0.381 e. The monoisotopic (exact) mass is 263 g/mol. The first-order valence-corrected chi connectivity index (χ1v) is 6.64. The van der Waals surface area contributed by atoms with E-state index in [-0.39, 0.29) is 17.5 Å². The van der Waals surface area contributed by atoms with Crippen LogP contribution in [0.25, 0.3) is 0 Å². The highest BCUT2D eigenvalue weighted by molar-refractivity contribution is 5.77. The number of carbonyl (C=O) groups excluding carboxylic acids is 1. The standard InChI is InChI=1S/C15H25N3O/c1-11-6-5-7-12(8-11)17-13(10-16)9-14(19)18-15(2,3)4/h5-8,13,17H,9-10,16H2,1-4H3,(H,18,19). The minimum atomic E-state index is -0.209. The van der Waals surface area contributed by atoms with Crippen LogP contribution in [0.5, 0.6) is 0 Å². The van der Waals surface area contributed by atoms with Crippen molar-refractivity contribution in [2.24, 2.45) is 5.73 Å². The zero-order chi connectivity index (χ0) is 14.5. The van der Waals surface area contributed by atoms with Gasteiger partial charge in [0.1, 0.15) is 0 Å². The number of anilines is 1. The van der Waals surface area contributed by atoms with Crippen LogP contribution in [0.15, 0.2) is 24.3 Å². The summed E-state index contributed by atoms with van der Waals surface area (Å²) >= 11 is 0. The van der Waals surface area contributed by atoms with Gasteiger partial charge in [-0.1, -0.05) is 12.1 Å². The predicted octanol–water partition coefficient (Wildman–Crippen LogP) is 2.04. The highest BCUT2D eigenvalue weighted by atomic mass is 16.1.